The molecule has 0 aromatic heterocycles. The highest BCUT2D eigenvalue weighted by Gasteiger charge is 2.29. The quantitative estimate of drug-likeness (QED) is 0.526. The van der Waals surface area contributed by atoms with Crippen LogP contribution in [0.3, 0.4) is 0 Å². The molecule has 0 bridgehead atoms. The molecule has 1 atom stereocenters. The maximum atomic E-state index is 11.3. The fourth-order valence-electron chi connectivity index (χ4n) is 1.43. The van der Waals surface area contributed by atoms with Crippen LogP contribution in [-0.2, 0) is 14.3 Å². The van der Waals surface area contributed by atoms with Gasteiger partial charge in [-0.3, -0.25) is 4.79 Å². The zero-order valence-electron chi connectivity index (χ0n) is 11.3. The van der Waals surface area contributed by atoms with Gasteiger partial charge in [-0.1, -0.05) is 13.8 Å². The van der Waals surface area contributed by atoms with Gasteiger partial charge in [0.15, 0.2) is 0 Å². The second-order valence-corrected chi connectivity index (χ2v) is 4.20. The van der Waals surface area contributed by atoms with E-state index < -0.39 is 5.54 Å². The van der Waals surface area contributed by atoms with Crippen molar-refractivity contribution in [2.45, 2.75) is 39.2 Å². The number of hydrogen-bond donors (Lipinski definition) is 2. The first-order chi connectivity index (χ1) is 8.06. The Bertz CT molecular complexity index is 212. The zero-order chi connectivity index (χ0) is 13.1. The van der Waals surface area contributed by atoms with E-state index in [4.69, 9.17) is 15.2 Å². The molecule has 0 rings (SSSR count). The summed E-state index contributed by atoms with van der Waals surface area (Å²) in [6, 6.07) is 0. The van der Waals surface area contributed by atoms with Crippen molar-refractivity contribution < 1.29 is 14.3 Å². The van der Waals surface area contributed by atoms with E-state index in [0.717, 1.165) is 13.0 Å². The number of nitrogens with one attached hydrogen (secondary N) is 1. The number of carbonyl (C=O) groups is 1. The maximum Gasteiger partial charge on any atom is 0.237 e. The third kappa shape index (κ3) is 7.31. The van der Waals surface area contributed by atoms with Crippen LogP contribution in [0.4, 0.5) is 0 Å². The van der Waals surface area contributed by atoms with Crippen LogP contribution in [0.5, 0.6) is 0 Å². The van der Waals surface area contributed by atoms with Crippen LogP contribution in [0.1, 0.15) is 33.6 Å². The highest BCUT2D eigenvalue weighted by molar-refractivity contribution is 5.84. The molecule has 1 unspecified atom stereocenters. The van der Waals surface area contributed by atoms with Crippen molar-refractivity contribution >= 4 is 5.91 Å². The monoisotopic (exact) mass is 246 g/mol. The number of primary amides is 1. The Morgan fingerprint density at radius 2 is 1.76 bits per heavy atom. The molecule has 0 aromatic rings. The zero-order valence-corrected chi connectivity index (χ0v) is 11.3. The van der Waals surface area contributed by atoms with Crippen molar-refractivity contribution in [1.82, 2.24) is 5.32 Å². The Morgan fingerprint density at radius 3 is 2.24 bits per heavy atom. The Hall–Kier alpha value is -0.650. The molecule has 0 aliphatic rings. The molecular formula is C12H26N2O3. The van der Waals surface area contributed by atoms with Gasteiger partial charge in [0.05, 0.1) is 18.8 Å². The minimum absolute atomic E-state index is 0.342. The third-order valence-electron chi connectivity index (χ3n) is 2.58. The molecule has 0 heterocycles. The number of carbonyl (C=O) groups excluding carboxylic acids is 1. The molecule has 0 spiro atoms. The Kier molecular flexibility index (Phi) is 9.03. The second kappa shape index (κ2) is 9.39. The SMILES string of the molecule is CCCOCCOCCC(C)(NCC)C(N)=O. The van der Waals surface area contributed by atoms with Gasteiger partial charge in [-0.15, -0.1) is 0 Å². The van der Waals surface area contributed by atoms with Crippen LogP contribution in [0.15, 0.2) is 0 Å². The lowest BCUT2D eigenvalue weighted by atomic mass is 9.97. The summed E-state index contributed by atoms with van der Waals surface area (Å²) in [5.74, 6) is -0.342. The molecule has 0 aromatic carbocycles. The molecule has 0 fully saturated rings. The molecule has 102 valence electrons. The van der Waals surface area contributed by atoms with E-state index in [9.17, 15) is 4.79 Å². The minimum Gasteiger partial charge on any atom is -0.379 e. The average Bonchev–Trinajstić information content (AvgIpc) is 2.28. The maximum absolute atomic E-state index is 11.3. The van der Waals surface area contributed by atoms with Gasteiger partial charge in [0.2, 0.25) is 5.91 Å². The smallest absolute Gasteiger partial charge is 0.237 e. The molecule has 0 aliphatic heterocycles. The van der Waals surface area contributed by atoms with Gasteiger partial charge >= 0.3 is 0 Å². The molecule has 0 aliphatic carbocycles. The highest BCUT2D eigenvalue weighted by atomic mass is 16.5. The summed E-state index contributed by atoms with van der Waals surface area (Å²) in [6.07, 6.45) is 1.59. The summed E-state index contributed by atoms with van der Waals surface area (Å²) in [5, 5.41) is 3.08. The first-order valence-corrected chi connectivity index (χ1v) is 6.27. The van der Waals surface area contributed by atoms with Crippen LogP contribution in [0.25, 0.3) is 0 Å². The van der Waals surface area contributed by atoms with Crippen molar-refractivity contribution in [3.63, 3.8) is 0 Å². The van der Waals surface area contributed by atoms with E-state index in [1.54, 1.807) is 6.92 Å². The van der Waals surface area contributed by atoms with Crippen LogP contribution in [0.2, 0.25) is 0 Å². The first kappa shape index (κ1) is 16.4. The molecule has 5 heteroatoms. The Balaban J connectivity index is 3.65. The van der Waals surface area contributed by atoms with Gasteiger partial charge < -0.3 is 20.5 Å². The van der Waals surface area contributed by atoms with Gasteiger partial charge in [0.25, 0.3) is 0 Å². The van der Waals surface area contributed by atoms with Gasteiger partial charge in [-0.05, 0) is 26.3 Å². The van der Waals surface area contributed by atoms with E-state index in [2.05, 4.69) is 12.2 Å². The molecule has 0 saturated carbocycles. The number of hydrogen-bond acceptors (Lipinski definition) is 4. The minimum atomic E-state index is -0.682. The largest absolute Gasteiger partial charge is 0.379 e. The number of ether oxygens (including phenoxy) is 2. The van der Waals surface area contributed by atoms with Gasteiger partial charge in [-0.2, -0.15) is 0 Å². The molecule has 0 saturated heterocycles. The molecule has 3 N–H and O–H groups in total. The number of rotatable bonds is 11. The van der Waals surface area contributed by atoms with Crippen molar-refractivity contribution in [2.24, 2.45) is 5.73 Å². The van der Waals surface area contributed by atoms with Crippen LogP contribution >= 0.6 is 0 Å². The lowest BCUT2D eigenvalue weighted by Crippen LogP contribution is -2.53. The number of likely N-dealkylation sites (N-methyl/N-ethyl adjacent to an activating group) is 1. The number of amides is 1. The summed E-state index contributed by atoms with van der Waals surface area (Å²) in [6.45, 7) is 8.94. The van der Waals surface area contributed by atoms with E-state index >= 15 is 0 Å². The van der Waals surface area contributed by atoms with Gasteiger partial charge in [0, 0.05) is 13.2 Å². The fourth-order valence-corrected chi connectivity index (χ4v) is 1.43. The highest BCUT2D eigenvalue weighted by Crippen LogP contribution is 2.08. The van der Waals surface area contributed by atoms with Crippen molar-refractivity contribution in [3.05, 3.63) is 0 Å². The van der Waals surface area contributed by atoms with Crippen molar-refractivity contribution in [2.75, 3.05) is 33.0 Å². The molecule has 5 nitrogen and oxygen atoms in total. The average molecular weight is 246 g/mol. The van der Waals surface area contributed by atoms with Crippen LogP contribution in [0, 0.1) is 0 Å². The van der Waals surface area contributed by atoms with E-state index in [1.165, 1.54) is 0 Å². The normalized spacial score (nSPS) is 14.5. The predicted octanol–water partition coefficient (Wildman–Crippen LogP) is 0.673. The summed E-state index contributed by atoms with van der Waals surface area (Å²) < 4.78 is 10.7. The number of nitrogens with two attached hydrogens (primary N) is 1. The Labute approximate surface area is 104 Å². The first-order valence-electron chi connectivity index (χ1n) is 6.27. The molecule has 1 amide bonds. The summed E-state index contributed by atoms with van der Waals surface area (Å²) >= 11 is 0. The Morgan fingerprint density at radius 1 is 1.18 bits per heavy atom. The predicted molar refractivity (Wildman–Crippen MR) is 67.8 cm³/mol. The lowest BCUT2D eigenvalue weighted by molar-refractivity contribution is -0.124. The molecule has 17 heavy (non-hydrogen) atoms. The van der Waals surface area contributed by atoms with Crippen molar-refractivity contribution in [1.29, 1.82) is 0 Å². The van der Waals surface area contributed by atoms with Crippen molar-refractivity contribution in [3.8, 4) is 0 Å². The van der Waals surface area contributed by atoms with Crippen LogP contribution in [-0.4, -0.2) is 44.4 Å². The summed E-state index contributed by atoms with van der Waals surface area (Å²) in [4.78, 5) is 11.3. The fraction of sp³-hybridized carbons (Fsp3) is 0.917. The van der Waals surface area contributed by atoms with E-state index in [-0.39, 0.29) is 5.91 Å². The van der Waals surface area contributed by atoms with Gasteiger partial charge in [0.1, 0.15) is 0 Å². The third-order valence-corrected chi connectivity index (χ3v) is 2.58. The standard InChI is InChI=1S/C12H26N2O3/c1-4-7-16-9-10-17-8-6-12(3,11(13)15)14-5-2/h14H,4-10H2,1-3H3,(H2,13,15). The molecule has 0 radical (unpaired) electrons. The second-order valence-electron chi connectivity index (χ2n) is 4.20. The van der Waals surface area contributed by atoms with Gasteiger partial charge in [-0.25, -0.2) is 0 Å². The van der Waals surface area contributed by atoms with E-state index in [1.807, 2.05) is 6.92 Å². The topological polar surface area (TPSA) is 73.6 Å². The summed E-state index contributed by atoms with van der Waals surface area (Å²) in [5.41, 5.74) is 4.67. The van der Waals surface area contributed by atoms with Crippen LogP contribution < -0.4 is 11.1 Å². The molecular weight excluding hydrogens is 220 g/mol. The summed E-state index contributed by atoms with van der Waals surface area (Å²) in [7, 11) is 0. The lowest BCUT2D eigenvalue weighted by Gasteiger charge is -2.26. The van der Waals surface area contributed by atoms with E-state index in [0.29, 0.717) is 32.8 Å².